The molecule has 0 unspecified atom stereocenters. The maximum atomic E-state index is 12.0. The van der Waals surface area contributed by atoms with Crippen LogP contribution in [0.4, 0.5) is 5.82 Å². The van der Waals surface area contributed by atoms with Gasteiger partial charge in [0.05, 0.1) is 24.4 Å². The Hall–Kier alpha value is -2.55. The number of thioether (sulfide) groups is 1. The Balaban J connectivity index is 1.75. The molecule has 3 rings (SSSR count). The fourth-order valence-corrected chi connectivity index (χ4v) is 3.06. The molecule has 0 fully saturated rings. The van der Waals surface area contributed by atoms with Gasteiger partial charge in [-0.1, -0.05) is 32.5 Å². The number of nitrogens with one attached hydrogen (secondary N) is 2. The topological polar surface area (TPSA) is 97.9 Å². The minimum Gasteiger partial charge on any atom is -0.459 e. The largest absolute Gasteiger partial charge is 0.459 e. The van der Waals surface area contributed by atoms with Gasteiger partial charge in [0.1, 0.15) is 5.82 Å². The van der Waals surface area contributed by atoms with E-state index in [4.69, 9.17) is 4.42 Å². The molecule has 0 radical (unpaired) electrons. The molecular formula is C18H24N6O2S. The van der Waals surface area contributed by atoms with Gasteiger partial charge in [0, 0.05) is 13.1 Å². The molecule has 0 atom stereocenters. The summed E-state index contributed by atoms with van der Waals surface area (Å²) < 4.78 is 6.88. The first kappa shape index (κ1) is 19.2. The Morgan fingerprint density at radius 1 is 1.37 bits per heavy atom. The lowest BCUT2D eigenvalue weighted by Gasteiger charge is -2.11. The van der Waals surface area contributed by atoms with Crippen LogP contribution in [0.1, 0.15) is 31.3 Å². The SMILES string of the molecule is CCSc1nc(NCC(C)C)c2cnn(CCNC(=O)c3ccco3)c2n1. The van der Waals surface area contributed by atoms with Gasteiger partial charge in [-0.3, -0.25) is 4.79 Å². The quantitative estimate of drug-likeness (QED) is 0.429. The maximum absolute atomic E-state index is 12.0. The summed E-state index contributed by atoms with van der Waals surface area (Å²) in [5.41, 5.74) is 0.763. The Morgan fingerprint density at radius 2 is 2.22 bits per heavy atom. The average molecular weight is 388 g/mol. The Kier molecular flexibility index (Phi) is 6.33. The summed E-state index contributed by atoms with van der Waals surface area (Å²) in [5, 5.41) is 12.3. The molecule has 0 aromatic carbocycles. The van der Waals surface area contributed by atoms with Crippen LogP contribution in [-0.2, 0) is 6.54 Å². The van der Waals surface area contributed by atoms with Crippen LogP contribution in [0.3, 0.4) is 0 Å². The van der Waals surface area contributed by atoms with Crippen molar-refractivity contribution in [1.29, 1.82) is 0 Å². The predicted octanol–water partition coefficient (Wildman–Crippen LogP) is 3.03. The zero-order valence-electron chi connectivity index (χ0n) is 15.7. The van der Waals surface area contributed by atoms with E-state index in [9.17, 15) is 4.79 Å². The van der Waals surface area contributed by atoms with E-state index in [1.807, 2.05) is 0 Å². The number of hydrogen-bond donors (Lipinski definition) is 2. The first-order valence-corrected chi connectivity index (χ1v) is 9.99. The van der Waals surface area contributed by atoms with Crippen LogP contribution >= 0.6 is 11.8 Å². The van der Waals surface area contributed by atoms with Crippen molar-refractivity contribution in [3.8, 4) is 0 Å². The molecule has 144 valence electrons. The Morgan fingerprint density at radius 3 is 2.93 bits per heavy atom. The highest BCUT2D eigenvalue weighted by molar-refractivity contribution is 7.99. The number of carbonyl (C=O) groups excluding carboxylic acids is 1. The van der Waals surface area contributed by atoms with Crippen molar-refractivity contribution in [1.82, 2.24) is 25.1 Å². The monoisotopic (exact) mass is 388 g/mol. The number of amides is 1. The second-order valence-corrected chi connectivity index (χ2v) is 7.63. The molecule has 9 heteroatoms. The van der Waals surface area contributed by atoms with Gasteiger partial charge in [0.2, 0.25) is 0 Å². The van der Waals surface area contributed by atoms with Gasteiger partial charge in [-0.05, 0) is 23.8 Å². The Bertz CT molecular complexity index is 891. The van der Waals surface area contributed by atoms with Gasteiger partial charge in [0.15, 0.2) is 16.6 Å². The highest BCUT2D eigenvalue weighted by Crippen LogP contribution is 2.24. The summed E-state index contributed by atoms with van der Waals surface area (Å²) in [7, 11) is 0. The molecule has 0 spiro atoms. The highest BCUT2D eigenvalue weighted by atomic mass is 32.2. The third kappa shape index (κ3) is 4.79. The molecule has 0 saturated carbocycles. The van der Waals surface area contributed by atoms with Crippen LogP contribution in [0.15, 0.2) is 34.2 Å². The molecule has 3 aromatic heterocycles. The molecule has 8 nitrogen and oxygen atoms in total. The van der Waals surface area contributed by atoms with Crippen molar-refractivity contribution in [2.24, 2.45) is 5.92 Å². The number of rotatable bonds is 9. The summed E-state index contributed by atoms with van der Waals surface area (Å²) >= 11 is 1.59. The maximum Gasteiger partial charge on any atom is 0.287 e. The fraction of sp³-hybridized carbons (Fsp3) is 0.444. The smallest absolute Gasteiger partial charge is 0.287 e. The second-order valence-electron chi connectivity index (χ2n) is 6.40. The molecule has 0 aliphatic carbocycles. The first-order valence-electron chi connectivity index (χ1n) is 9.00. The molecular weight excluding hydrogens is 364 g/mol. The zero-order chi connectivity index (χ0) is 19.2. The molecule has 0 bridgehead atoms. The van der Waals surface area contributed by atoms with Crippen LogP contribution in [-0.4, -0.2) is 44.5 Å². The number of fused-ring (bicyclic) bond motifs is 1. The summed E-state index contributed by atoms with van der Waals surface area (Å²) in [4.78, 5) is 21.2. The van der Waals surface area contributed by atoms with Crippen molar-refractivity contribution in [3.63, 3.8) is 0 Å². The molecule has 1 amide bonds. The number of anilines is 1. The fourth-order valence-electron chi connectivity index (χ4n) is 2.50. The summed E-state index contributed by atoms with van der Waals surface area (Å²) in [5.74, 6) is 2.25. The summed E-state index contributed by atoms with van der Waals surface area (Å²) in [6.45, 7) is 8.13. The van der Waals surface area contributed by atoms with E-state index >= 15 is 0 Å². The van der Waals surface area contributed by atoms with E-state index in [2.05, 4.69) is 46.5 Å². The minimum absolute atomic E-state index is 0.243. The molecule has 3 aromatic rings. The van der Waals surface area contributed by atoms with E-state index in [-0.39, 0.29) is 5.91 Å². The van der Waals surface area contributed by atoms with Crippen LogP contribution < -0.4 is 10.6 Å². The van der Waals surface area contributed by atoms with Crippen molar-refractivity contribution in [2.45, 2.75) is 32.5 Å². The van der Waals surface area contributed by atoms with Gasteiger partial charge in [-0.15, -0.1) is 0 Å². The number of furan rings is 1. The van der Waals surface area contributed by atoms with Crippen LogP contribution in [0.25, 0.3) is 11.0 Å². The number of nitrogens with zero attached hydrogens (tertiary/aromatic N) is 4. The third-order valence-corrected chi connectivity index (χ3v) is 4.51. The minimum atomic E-state index is -0.243. The van der Waals surface area contributed by atoms with Crippen molar-refractivity contribution < 1.29 is 9.21 Å². The van der Waals surface area contributed by atoms with Gasteiger partial charge in [0.25, 0.3) is 5.91 Å². The Labute approximate surface area is 162 Å². The van der Waals surface area contributed by atoms with Crippen molar-refractivity contribution in [3.05, 3.63) is 30.4 Å². The lowest BCUT2D eigenvalue weighted by Crippen LogP contribution is -2.27. The highest BCUT2D eigenvalue weighted by Gasteiger charge is 2.14. The number of carbonyl (C=O) groups is 1. The molecule has 0 aliphatic heterocycles. The standard InChI is InChI=1S/C18H24N6O2S/c1-4-27-18-22-15(20-10-12(2)3)13-11-21-24(16(13)23-18)8-7-19-17(25)14-6-5-9-26-14/h5-6,9,11-12H,4,7-8,10H2,1-3H3,(H,19,25)(H,20,22,23). The number of hydrogen-bond acceptors (Lipinski definition) is 7. The summed E-state index contributed by atoms with van der Waals surface area (Å²) in [6.07, 6.45) is 3.25. The van der Waals surface area contributed by atoms with E-state index < -0.39 is 0 Å². The lowest BCUT2D eigenvalue weighted by molar-refractivity contribution is 0.0924. The van der Waals surface area contributed by atoms with Gasteiger partial charge >= 0.3 is 0 Å². The molecule has 27 heavy (non-hydrogen) atoms. The molecule has 0 saturated heterocycles. The van der Waals surface area contributed by atoms with Crippen molar-refractivity contribution in [2.75, 3.05) is 24.2 Å². The van der Waals surface area contributed by atoms with E-state index in [1.54, 1.807) is 34.8 Å². The van der Waals surface area contributed by atoms with Crippen LogP contribution in [0, 0.1) is 5.92 Å². The third-order valence-electron chi connectivity index (χ3n) is 3.78. The van der Waals surface area contributed by atoms with Gasteiger partial charge in [-0.25, -0.2) is 14.6 Å². The van der Waals surface area contributed by atoms with Gasteiger partial charge in [-0.2, -0.15) is 5.10 Å². The zero-order valence-corrected chi connectivity index (χ0v) is 16.5. The molecule has 3 heterocycles. The van der Waals surface area contributed by atoms with E-state index in [1.165, 1.54) is 6.26 Å². The van der Waals surface area contributed by atoms with E-state index in [0.29, 0.717) is 24.8 Å². The first-order chi connectivity index (χ1) is 13.1. The van der Waals surface area contributed by atoms with Gasteiger partial charge < -0.3 is 15.1 Å². The van der Waals surface area contributed by atoms with Crippen LogP contribution in [0.5, 0.6) is 0 Å². The van der Waals surface area contributed by atoms with Crippen LogP contribution in [0.2, 0.25) is 0 Å². The lowest BCUT2D eigenvalue weighted by atomic mass is 10.2. The molecule has 0 aliphatic rings. The van der Waals surface area contributed by atoms with Crippen molar-refractivity contribution >= 4 is 34.5 Å². The molecule has 2 N–H and O–H groups in total. The number of aromatic nitrogens is 4. The average Bonchev–Trinajstić information content (AvgIpc) is 3.30. The summed E-state index contributed by atoms with van der Waals surface area (Å²) in [6, 6.07) is 3.32. The normalized spacial score (nSPS) is 11.3. The second kappa shape index (κ2) is 8.90. The van der Waals surface area contributed by atoms with E-state index in [0.717, 1.165) is 34.3 Å². The predicted molar refractivity (Wildman–Crippen MR) is 106 cm³/mol.